The summed E-state index contributed by atoms with van der Waals surface area (Å²) in [6, 6.07) is 4.68. The summed E-state index contributed by atoms with van der Waals surface area (Å²) in [4.78, 5) is 0. The number of nitrogens with zero attached hydrogens (tertiary/aromatic N) is 2. The van der Waals surface area contributed by atoms with Crippen molar-refractivity contribution in [1.82, 2.24) is 0 Å². The Morgan fingerprint density at radius 2 is 1.14 bits per heavy atom. The first-order valence-electron chi connectivity index (χ1n) is 9.11. The Morgan fingerprint density at radius 3 is 1.62 bits per heavy atom. The third-order valence-corrected chi connectivity index (χ3v) is 4.18. The molecule has 0 aromatic heterocycles. The van der Waals surface area contributed by atoms with Crippen LogP contribution in [0.2, 0.25) is 0 Å². The minimum atomic E-state index is 0.294. The molecule has 0 saturated carbocycles. The highest BCUT2D eigenvalue weighted by molar-refractivity contribution is 4.82. The molecule has 0 aromatic rings. The van der Waals surface area contributed by atoms with Gasteiger partial charge in [-0.05, 0) is 19.3 Å². The van der Waals surface area contributed by atoms with Gasteiger partial charge in [0.2, 0.25) is 0 Å². The second-order valence-corrected chi connectivity index (χ2v) is 6.20. The molecule has 0 rings (SSSR count). The van der Waals surface area contributed by atoms with E-state index >= 15 is 0 Å². The van der Waals surface area contributed by atoms with Gasteiger partial charge >= 0.3 is 0 Å². The molecule has 1 unspecified atom stereocenters. The van der Waals surface area contributed by atoms with Gasteiger partial charge in [-0.1, -0.05) is 77.6 Å². The monoisotopic (exact) mass is 290 g/mol. The van der Waals surface area contributed by atoms with E-state index in [4.69, 9.17) is 5.26 Å². The van der Waals surface area contributed by atoms with Gasteiger partial charge in [0, 0.05) is 12.3 Å². The molecular weight excluding hydrogens is 256 g/mol. The summed E-state index contributed by atoms with van der Waals surface area (Å²) in [5.41, 5.74) is 0. The predicted molar refractivity (Wildman–Crippen MR) is 89.6 cm³/mol. The summed E-state index contributed by atoms with van der Waals surface area (Å²) in [7, 11) is 0. The van der Waals surface area contributed by atoms with Crippen LogP contribution in [0.15, 0.2) is 0 Å². The standard InChI is InChI=1S/C19H34N2/c1-2-3-4-9-12-15-19(18-21)16-13-10-7-5-6-8-11-14-17-20/h19H,2-16H2,1H3. The molecule has 0 amide bonds. The van der Waals surface area contributed by atoms with Gasteiger partial charge in [-0.2, -0.15) is 10.5 Å². The summed E-state index contributed by atoms with van der Waals surface area (Å²) in [5.74, 6) is 0.294. The maximum Gasteiger partial charge on any atom is 0.0655 e. The minimum absolute atomic E-state index is 0.294. The van der Waals surface area contributed by atoms with Gasteiger partial charge in [-0.15, -0.1) is 0 Å². The minimum Gasteiger partial charge on any atom is -0.198 e. The maximum absolute atomic E-state index is 9.18. The van der Waals surface area contributed by atoms with Gasteiger partial charge in [0.15, 0.2) is 0 Å². The highest BCUT2D eigenvalue weighted by Crippen LogP contribution is 2.18. The largest absolute Gasteiger partial charge is 0.198 e. The fraction of sp³-hybridized carbons (Fsp3) is 0.895. The summed E-state index contributed by atoms with van der Waals surface area (Å²) in [6.07, 6.45) is 18.0. The molecule has 0 N–H and O–H groups in total. The van der Waals surface area contributed by atoms with Crippen molar-refractivity contribution in [3.8, 4) is 12.1 Å². The molecule has 0 spiro atoms. The molecule has 1 atom stereocenters. The Hall–Kier alpha value is -1.02. The fourth-order valence-corrected chi connectivity index (χ4v) is 2.75. The van der Waals surface area contributed by atoms with Crippen LogP contribution in [0.3, 0.4) is 0 Å². The highest BCUT2D eigenvalue weighted by atomic mass is 14.3. The van der Waals surface area contributed by atoms with Gasteiger partial charge < -0.3 is 0 Å². The number of rotatable bonds is 15. The first-order chi connectivity index (χ1) is 10.3. The van der Waals surface area contributed by atoms with E-state index in [1.807, 2.05) is 0 Å². The van der Waals surface area contributed by atoms with Crippen LogP contribution in [0.5, 0.6) is 0 Å². The van der Waals surface area contributed by atoms with Crippen LogP contribution < -0.4 is 0 Å². The summed E-state index contributed by atoms with van der Waals surface area (Å²) in [5, 5.41) is 17.6. The number of nitriles is 2. The van der Waals surface area contributed by atoms with Crippen molar-refractivity contribution in [2.75, 3.05) is 0 Å². The Kier molecular flexibility index (Phi) is 16.2. The number of hydrogen-bond donors (Lipinski definition) is 0. The van der Waals surface area contributed by atoms with Gasteiger partial charge in [-0.25, -0.2) is 0 Å². The van der Waals surface area contributed by atoms with Gasteiger partial charge in [0.1, 0.15) is 0 Å². The van der Waals surface area contributed by atoms with Crippen LogP contribution in [0.4, 0.5) is 0 Å². The van der Waals surface area contributed by atoms with Crippen molar-refractivity contribution in [1.29, 1.82) is 10.5 Å². The van der Waals surface area contributed by atoms with Crippen LogP contribution in [-0.2, 0) is 0 Å². The number of unbranched alkanes of at least 4 members (excludes halogenated alkanes) is 11. The molecule has 0 aromatic carbocycles. The molecule has 0 aliphatic rings. The Balaban J connectivity index is 3.31. The maximum atomic E-state index is 9.18. The van der Waals surface area contributed by atoms with E-state index in [1.54, 1.807) is 0 Å². The van der Waals surface area contributed by atoms with Gasteiger partial charge in [0.25, 0.3) is 0 Å². The van der Waals surface area contributed by atoms with Crippen LogP contribution in [0.1, 0.15) is 103 Å². The molecule has 2 heteroatoms. The van der Waals surface area contributed by atoms with Crippen molar-refractivity contribution in [3.63, 3.8) is 0 Å². The van der Waals surface area contributed by atoms with E-state index in [-0.39, 0.29) is 0 Å². The second-order valence-electron chi connectivity index (χ2n) is 6.20. The molecule has 0 aliphatic heterocycles. The Bertz CT molecular complexity index is 285. The van der Waals surface area contributed by atoms with Crippen LogP contribution in [-0.4, -0.2) is 0 Å². The molecule has 0 radical (unpaired) electrons. The van der Waals surface area contributed by atoms with Gasteiger partial charge in [-0.3, -0.25) is 0 Å². The normalized spacial score (nSPS) is 11.8. The van der Waals surface area contributed by atoms with Crippen LogP contribution in [0.25, 0.3) is 0 Å². The highest BCUT2D eigenvalue weighted by Gasteiger charge is 2.06. The molecule has 0 aliphatic carbocycles. The molecular formula is C19H34N2. The third-order valence-electron chi connectivity index (χ3n) is 4.18. The molecule has 2 nitrogen and oxygen atoms in total. The lowest BCUT2D eigenvalue weighted by atomic mass is 9.95. The molecule has 0 fully saturated rings. The van der Waals surface area contributed by atoms with Crippen molar-refractivity contribution in [2.24, 2.45) is 5.92 Å². The fourth-order valence-electron chi connectivity index (χ4n) is 2.75. The van der Waals surface area contributed by atoms with E-state index in [9.17, 15) is 5.26 Å². The average molecular weight is 290 g/mol. The predicted octanol–water partition coefficient (Wildman–Crippen LogP) is 6.52. The lowest BCUT2D eigenvalue weighted by molar-refractivity contribution is 0.473. The molecule has 0 saturated heterocycles. The topological polar surface area (TPSA) is 47.6 Å². The first kappa shape index (κ1) is 20.0. The van der Waals surface area contributed by atoms with Crippen molar-refractivity contribution < 1.29 is 0 Å². The van der Waals surface area contributed by atoms with E-state index in [0.29, 0.717) is 12.3 Å². The Labute approximate surface area is 132 Å². The van der Waals surface area contributed by atoms with Crippen molar-refractivity contribution in [3.05, 3.63) is 0 Å². The van der Waals surface area contributed by atoms with E-state index in [1.165, 1.54) is 70.6 Å². The quantitative estimate of drug-likeness (QED) is 0.322. The zero-order valence-corrected chi connectivity index (χ0v) is 14.1. The summed E-state index contributed by atoms with van der Waals surface area (Å²) < 4.78 is 0. The molecule has 0 heterocycles. The van der Waals surface area contributed by atoms with E-state index < -0.39 is 0 Å². The van der Waals surface area contributed by atoms with E-state index in [0.717, 1.165) is 19.3 Å². The lowest BCUT2D eigenvalue weighted by Crippen LogP contribution is -1.97. The third kappa shape index (κ3) is 15.2. The smallest absolute Gasteiger partial charge is 0.0655 e. The zero-order chi connectivity index (χ0) is 15.6. The second kappa shape index (κ2) is 17.0. The average Bonchev–Trinajstić information content (AvgIpc) is 2.51. The van der Waals surface area contributed by atoms with Crippen LogP contribution >= 0.6 is 0 Å². The molecule has 120 valence electrons. The van der Waals surface area contributed by atoms with Gasteiger partial charge in [0.05, 0.1) is 12.1 Å². The summed E-state index contributed by atoms with van der Waals surface area (Å²) >= 11 is 0. The Morgan fingerprint density at radius 1 is 0.667 bits per heavy atom. The van der Waals surface area contributed by atoms with Crippen molar-refractivity contribution >= 4 is 0 Å². The molecule has 21 heavy (non-hydrogen) atoms. The number of hydrogen-bond acceptors (Lipinski definition) is 2. The summed E-state index contributed by atoms with van der Waals surface area (Å²) in [6.45, 7) is 2.24. The zero-order valence-electron chi connectivity index (χ0n) is 14.1. The first-order valence-corrected chi connectivity index (χ1v) is 9.11. The SMILES string of the molecule is CCCCCCCC(C#N)CCCCCCCCCC#N. The lowest BCUT2D eigenvalue weighted by Gasteiger charge is -2.08. The van der Waals surface area contributed by atoms with E-state index in [2.05, 4.69) is 19.1 Å². The molecule has 0 bridgehead atoms. The van der Waals surface area contributed by atoms with Crippen LogP contribution in [0, 0.1) is 28.6 Å². The van der Waals surface area contributed by atoms with Crippen molar-refractivity contribution in [2.45, 2.75) is 103 Å².